The highest BCUT2D eigenvalue weighted by Crippen LogP contribution is 2.10. The summed E-state index contributed by atoms with van der Waals surface area (Å²) in [5, 5.41) is 5.15. The van der Waals surface area contributed by atoms with Gasteiger partial charge in [-0.15, -0.1) is 5.10 Å². The summed E-state index contributed by atoms with van der Waals surface area (Å²) in [7, 11) is 0. The summed E-state index contributed by atoms with van der Waals surface area (Å²) in [5.74, 6) is 1.21. The van der Waals surface area contributed by atoms with Gasteiger partial charge in [-0.05, 0) is 50.8 Å². The second-order valence-electron chi connectivity index (χ2n) is 6.77. The van der Waals surface area contributed by atoms with E-state index in [1.807, 2.05) is 49.4 Å². The van der Waals surface area contributed by atoms with Gasteiger partial charge in [0.2, 0.25) is 4.77 Å². The Morgan fingerprint density at radius 3 is 2.79 bits per heavy atom. The van der Waals surface area contributed by atoms with Crippen molar-refractivity contribution in [3.05, 3.63) is 62.7 Å². The number of benzene rings is 1. The number of fused-ring (bicyclic) bond motifs is 2. The van der Waals surface area contributed by atoms with Crippen LogP contribution in [-0.2, 0) is 13.2 Å². The summed E-state index contributed by atoms with van der Waals surface area (Å²) in [6, 6.07) is 9.31. The molecule has 0 aliphatic rings. The number of aromatic amines is 1. The van der Waals surface area contributed by atoms with Gasteiger partial charge in [0.15, 0.2) is 0 Å². The Bertz CT molecular complexity index is 1290. The maximum atomic E-state index is 12.3. The molecule has 4 rings (SSSR count). The topological polar surface area (TPSA) is 84.1 Å². The van der Waals surface area contributed by atoms with Gasteiger partial charge in [0.25, 0.3) is 11.3 Å². The minimum absolute atomic E-state index is 0.128. The number of nitrogens with one attached hydrogen (secondary N) is 1. The van der Waals surface area contributed by atoms with Gasteiger partial charge >= 0.3 is 0 Å². The summed E-state index contributed by atoms with van der Waals surface area (Å²) in [6.45, 7) is 7.69. The van der Waals surface area contributed by atoms with Crippen LogP contribution in [0.5, 0.6) is 0 Å². The van der Waals surface area contributed by atoms with Crippen LogP contribution in [0.3, 0.4) is 0 Å². The molecule has 0 aliphatic carbocycles. The fourth-order valence-corrected chi connectivity index (χ4v) is 3.62. The van der Waals surface area contributed by atoms with E-state index >= 15 is 0 Å². The molecule has 1 aromatic carbocycles. The monoisotopic (exact) mass is 395 g/mol. The van der Waals surface area contributed by atoms with Gasteiger partial charge in [0.05, 0.1) is 24.1 Å². The molecule has 3 aromatic heterocycles. The second kappa shape index (κ2) is 7.25. The first-order valence-electron chi connectivity index (χ1n) is 9.10. The van der Waals surface area contributed by atoms with Gasteiger partial charge in [-0.3, -0.25) is 14.1 Å². The molecule has 0 amide bonds. The Morgan fingerprint density at radius 1 is 1.21 bits per heavy atom. The van der Waals surface area contributed by atoms with Crippen molar-refractivity contribution < 1.29 is 0 Å². The second-order valence-corrected chi connectivity index (χ2v) is 7.14. The number of aromatic nitrogens is 6. The Labute approximate surface area is 166 Å². The third-order valence-corrected chi connectivity index (χ3v) is 5.08. The van der Waals surface area contributed by atoms with Crippen LogP contribution in [0.2, 0.25) is 0 Å². The zero-order valence-corrected chi connectivity index (χ0v) is 16.8. The quantitative estimate of drug-likeness (QED) is 0.523. The SMILES string of the molecule is CCN(Cc1nc2ccccc2c(=O)[nH]1)Cn1nc2nc(C)cc(C)n2c1=S. The number of aryl methyl sites for hydroxylation is 2. The fraction of sp³-hybridized carbons (Fsp3) is 0.316. The van der Waals surface area contributed by atoms with E-state index in [-0.39, 0.29) is 5.56 Å². The van der Waals surface area contributed by atoms with Crippen LogP contribution in [0.1, 0.15) is 24.1 Å². The van der Waals surface area contributed by atoms with Crippen LogP contribution in [0, 0.1) is 18.6 Å². The Balaban J connectivity index is 1.65. The van der Waals surface area contributed by atoms with Crippen molar-refractivity contribution in [1.29, 1.82) is 0 Å². The van der Waals surface area contributed by atoms with Crippen LogP contribution in [-0.4, -0.2) is 40.6 Å². The van der Waals surface area contributed by atoms with E-state index in [0.29, 0.717) is 40.5 Å². The standard InChI is InChI=1S/C19H21N7OS/c1-4-24(10-16-21-15-8-6-5-7-14(15)17(27)22-16)11-25-19(28)26-13(3)9-12(2)20-18(26)23-25/h5-9H,4,10-11H2,1-3H3,(H,21,22,27). The van der Waals surface area contributed by atoms with Crippen molar-refractivity contribution in [2.75, 3.05) is 6.54 Å². The molecule has 0 saturated carbocycles. The Morgan fingerprint density at radius 2 is 2.00 bits per heavy atom. The number of hydrogen-bond donors (Lipinski definition) is 1. The van der Waals surface area contributed by atoms with Crippen molar-refractivity contribution in [3.63, 3.8) is 0 Å². The molecule has 4 aromatic rings. The lowest BCUT2D eigenvalue weighted by atomic mass is 10.2. The van der Waals surface area contributed by atoms with E-state index in [4.69, 9.17) is 12.2 Å². The summed E-state index contributed by atoms with van der Waals surface area (Å²) < 4.78 is 4.22. The van der Waals surface area contributed by atoms with E-state index in [2.05, 4.69) is 25.0 Å². The third-order valence-electron chi connectivity index (χ3n) is 4.69. The Hall–Kier alpha value is -2.91. The van der Waals surface area contributed by atoms with Gasteiger partial charge in [0, 0.05) is 11.4 Å². The van der Waals surface area contributed by atoms with E-state index in [0.717, 1.165) is 17.9 Å². The molecule has 8 nitrogen and oxygen atoms in total. The maximum absolute atomic E-state index is 12.3. The number of H-pyrrole nitrogens is 1. The molecule has 0 radical (unpaired) electrons. The average Bonchev–Trinajstić information content (AvgIpc) is 2.96. The molecule has 0 unspecified atom stereocenters. The molecule has 0 aliphatic heterocycles. The van der Waals surface area contributed by atoms with Gasteiger partial charge in [-0.2, -0.15) is 0 Å². The minimum Gasteiger partial charge on any atom is -0.309 e. The third kappa shape index (κ3) is 3.34. The average molecular weight is 395 g/mol. The van der Waals surface area contributed by atoms with Crippen LogP contribution in [0.4, 0.5) is 0 Å². The van der Waals surface area contributed by atoms with Crippen LogP contribution in [0.25, 0.3) is 16.7 Å². The molecule has 1 N–H and O–H groups in total. The van der Waals surface area contributed by atoms with Gasteiger partial charge in [-0.25, -0.2) is 14.6 Å². The van der Waals surface area contributed by atoms with Gasteiger partial charge in [0.1, 0.15) is 5.82 Å². The zero-order valence-electron chi connectivity index (χ0n) is 16.0. The summed E-state index contributed by atoms with van der Waals surface area (Å²) >= 11 is 5.60. The van der Waals surface area contributed by atoms with Crippen LogP contribution in [0.15, 0.2) is 35.1 Å². The lowest BCUT2D eigenvalue weighted by molar-refractivity contribution is 0.203. The van der Waals surface area contributed by atoms with E-state index in [1.54, 1.807) is 10.7 Å². The summed E-state index contributed by atoms with van der Waals surface area (Å²) in [4.78, 5) is 26.3. The first kappa shape index (κ1) is 18.5. The lowest BCUT2D eigenvalue weighted by Gasteiger charge is -2.19. The highest BCUT2D eigenvalue weighted by molar-refractivity contribution is 7.71. The first-order valence-corrected chi connectivity index (χ1v) is 9.51. The van der Waals surface area contributed by atoms with Crippen molar-refractivity contribution in [1.82, 2.24) is 34.0 Å². The largest absolute Gasteiger partial charge is 0.309 e. The molecule has 3 heterocycles. The number of nitrogens with zero attached hydrogens (tertiary/aromatic N) is 6. The molecule has 28 heavy (non-hydrogen) atoms. The van der Waals surface area contributed by atoms with Crippen LogP contribution < -0.4 is 5.56 Å². The summed E-state index contributed by atoms with van der Waals surface area (Å²) in [5.41, 5.74) is 2.47. The normalized spacial score (nSPS) is 11.7. The zero-order chi connectivity index (χ0) is 19.8. The van der Waals surface area contributed by atoms with Gasteiger partial charge < -0.3 is 4.98 Å². The van der Waals surface area contributed by atoms with Crippen molar-refractivity contribution in [2.45, 2.75) is 34.0 Å². The highest BCUT2D eigenvalue weighted by Gasteiger charge is 2.13. The number of rotatable bonds is 5. The molecule has 0 saturated heterocycles. The predicted molar refractivity (Wildman–Crippen MR) is 110 cm³/mol. The first-order chi connectivity index (χ1) is 13.5. The van der Waals surface area contributed by atoms with Crippen LogP contribution >= 0.6 is 12.2 Å². The lowest BCUT2D eigenvalue weighted by Crippen LogP contribution is -2.28. The number of hydrogen-bond acceptors (Lipinski definition) is 6. The molecular weight excluding hydrogens is 374 g/mol. The van der Waals surface area contributed by atoms with E-state index in [9.17, 15) is 4.79 Å². The predicted octanol–water partition coefficient (Wildman–Crippen LogP) is 2.59. The van der Waals surface area contributed by atoms with E-state index < -0.39 is 0 Å². The van der Waals surface area contributed by atoms with Gasteiger partial charge in [-0.1, -0.05) is 19.1 Å². The highest BCUT2D eigenvalue weighted by atomic mass is 32.1. The van der Waals surface area contributed by atoms with Crippen molar-refractivity contribution in [2.24, 2.45) is 0 Å². The Kier molecular flexibility index (Phi) is 4.78. The van der Waals surface area contributed by atoms with Crippen molar-refractivity contribution >= 4 is 28.9 Å². The molecule has 0 spiro atoms. The molecular formula is C19H21N7OS. The minimum atomic E-state index is -0.128. The molecule has 0 bridgehead atoms. The molecule has 0 fully saturated rings. The molecule has 144 valence electrons. The molecule has 0 atom stereocenters. The summed E-state index contributed by atoms with van der Waals surface area (Å²) in [6.07, 6.45) is 0. The smallest absolute Gasteiger partial charge is 0.258 e. The van der Waals surface area contributed by atoms with Crippen molar-refractivity contribution in [3.8, 4) is 0 Å². The fourth-order valence-electron chi connectivity index (χ4n) is 3.30. The maximum Gasteiger partial charge on any atom is 0.258 e. The molecule has 9 heteroatoms. The van der Waals surface area contributed by atoms with E-state index in [1.165, 1.54) is 0 Å². The number of para-hydroxylation sites is 1.